The van der Waals surface area contributed by atoms with Gasteiger partial charge in [0.25, 0.3) is 0 Å². The Labute approximate surface area is 173 Å². The summed E-state index contributed by atoms with van der Waals surface area (Å²) >= 11 is 0. The van der Waals surface area contributed by atoms with Crippen molar-refractivity contribution < 1.29 is 18.7 Å². The molecule has 150 valence electrons. The minimum atomic E-state index is -0.361. The highest BCUT2D eigenvalue weighted by Crippen LogP contribution is 2.44. The van der Waals surface area contributed by atoms with Gasteiger partial charge in [-0.2, -0.15) is 0 Å². The molecule has 0 unspecified atom stereocenters. The van der Waals surface area contributed by atoms with Crippen LogP contribution >= 0.6 is 0 Å². The number of Topliss-reactive ketones (excluding diaryl/α,β-unsaturated/α-hetero) is 1. The monoisotopic (exact) mass is 402 g/mol. The molecule has 5 rings (SSSR count). The van der Waals surface area contributed by atoms with Crippen LogP contribution < -0.4 is 9.47 Å². The van der Waals surface area contributed by atoms with Crippen LogP contribution in [0.1, 0.15) is 32.6 Å². The fourth-order valence-corrected chi connectivity index (χ4v) is 3.87. The number of hydrogen-bond donors (Lipinski definition) is 0. The lowest BCUT2D eigenvalue weighted by molar-refractivity contribution is 0.0871. The molecule has 0 saturated heterocycles. The number of carbonyl (C=O) groups is 1. The van der Waals surface area contributed by atoms with Gasteiger partial charge in [-0.25, -0.2) is 4.39 Å². The number of nitrogens with zero attached hydrogens (tertiary/aromatic N) is 2. The van der Waals surface area contributed by atoms with Gasteiger partial charge in [-0.05, 0) is 54.0 Å². The molecule has 0 spiro atoms. The molecule has 0 radical (unpaired) electrons. The van der Waals surface area contributed by atoms with E-state index >= 15 is 0 Å². The van der Waals surface area contributed by atoms with Crippen LogP contribution in [0.4, 0.5) is 4.39 Å². The van der Waals surface area contributed by atoms with E-state index in [1.54, 1.807) is 24.4 Å². The van der Waals surface area contributed by atoms with E-state index in [1.165, 1.54) is 12.1 Å². The van der Waals surface area contributed by atoms with E-state index < -0.39 is 0 Å². The molecule has 0 bridgehead atoms. The predicted octanol–water partition coefficient (Wildman–Crippen LogP) is 4.50. The van der Waals surface area contributed by atoms with Crippen molar-refractivity contribution in [2.45, 2.75) is 20.0 Å². The second kappa shape index (κ2) is 7.39. The molecular formula is C24H19FN2O3. The van der Waals surface area contributed by atoms with Gasteiger partial charge in [0.1, 0.15) is 24.0 Å². The topological polar surface area (TPSA) is 51.7 Å². The molecule has 3 aromatic rings. The molecule has 2 aliphatic rings. The van der Waals surface area contributed by atoms with Gasteiger partial charge in [-0.15, -0.1) is 0 Å². The largest absolute Gasteiger partial charge is 0.478 e. The number of ether oxygens (including phenoxy) is 2. The molecule has 0 amide bonds. The summed E-state index contributed by atoms with van der Waals surface area (Å²) in [5.41, 5.74) is 3.85. The van der Waals surface area contributed by atoms with Gasteiger partial charge >= 0.3 is 0 Å². The quantitative estimate of drug-likeness (QED) is 0.604. The Hall–Kier alpha value is -3.51. The standard InChI is InChI=1S/C24H19FN2O3/c1-15-8-20-19(13-27(14-29-20)12-17-5-3-7-26-11-17)24-22(15)23(28)21(30-24)10-16-4-2-6-18(25)9-16/h2-11H,12-14H2,1H3/b21-10-. The lowest BCUT2D eigenvalue weighted by atomic mass is 9.98. The van der Waals surface area contributed by atoms with Gasteiger partial charge in [-0.1, -0.05) is 18.2 Å². The maximum absolute atomic E-state index is 13.5. The maximum Gasteiger partial charge on any atom is 0.232 e. The number of allylic oxidation sites excluding steroid dienone is 1. The number of aromatic nitrogens is 1. The second-order valence-electron chi connectivity index (χ2n) is 7.49. The number of pyridine rings is 1. The molecule has 2 aliphatic heterocycles. The fraction of sp³-hybridized carbons (Fsp3) is 0.167. The first-order valence-electron chi connectivity index (χ1n) is 9.69. The zero-order valence-electron chi connectivity index (χ0n) is 16.4. The Morgan fingerprint density at radius 1 is 1.23 bits per heavy atom. The minimum Gasteiger partial charge on any atom is -0.478 e. The molecule has 30 heavy (non-hydrogen) atoms. The summed E-state index contributed by atoms with van der Waals surface area (Å²) in [5, 5.41) is 0. The number of aryl methyl sites for hydroxylation is 1. The molecule has 1 aromatic heterocycles. The Kier molecular flexibility index (Phi) is 4.56. The summed E-state index contributed by atoms with van der Waals surface area (Å²) in [7, 11) is 0. The first-order valence-corrected chi connectivity index (χ1v) is 9.69. The number of halogens is 1. The smallest absolute Gasteiger partial charge is 0.232 e. The molecule has 0 fully saturated rings. The summed E-state index contributed by atoms with van der Waals surface area (Å²) in [6, 6.07) is 11.9. The first-order chi connectivity index (χ1) is 14.6. The molecule has 0 atom stereocenters. The lowest BCUT2D eigenvalue weighted by Gasteiger charge is -2.30. The fourth-order valence-electron chi connectivity index (χ4n) is 3.87. The number of rotatable bonds is 3. The highest BCUT2D eigenvalue weighted by molar-refractivity contribution is 6.15. The molecule has 3 heterocycles. The van der Waals surface area contributed by atoms with Crippen LogP contribution in [0.15, 0.2) is 60.6 Å². The Bertz CT molecular complexity index is 1170. The van der Waals surface area contributed by atoms with E-state index in [0.29, 0.717) is 36.7 Å². The zero-order chi connectivity index (χ0) is 20.7. The van der Waals surface area contributed by atoms with Gasteiger partial charge in [0.05, 0.1) is 11.1 Å². The van der Waals surface area contributed by atoms with Crippen molar-refractivity contribution in [2.24, 2.45) is 0 Å². The SMILES string of the molecule is Cc1cc2c(c3c1C(=O)/C(=C/c1cccc(F)c1)O3)CN(Cc1cccnc1)CO2. The predicted molar refractivity (Wildman–Crippen MR) is 109 cm³/mol. The third kappa shape index (κ3) is 3.35. The molecule has 2 aromatic carbocycles. The van der Waals surface area contributed by atoms with Crippen molar-refractivity contribution in [3.05, 3.63) is 94.3 Å². The Balaban J connectivity index is 1.48. The number of benzene rings is 2. The van der Waals surface area contributed by atoms with Crippen molar-refractivity contribution in [3.8, 4) is 11.5 Å². The minimum absolute atomic E-state index is 0.191. The van der Waals surface area contributed by atoms with E-state index in [-0.39, 0.29) is 17.4 Å². The summed E-state index contributed by atoms with van der Waals surface area (Å²) in [5.74, 6) is 0.901. The van der Waals surface area contributed by atoms with Crippen LogP contribution in [0.3, 0.4) is 0 Å². The van der Waals surface area contributed by atoms with Crippen molar-refractivity contribution in [1.29, 1.82) is 0 Å². The van der Waals surface area contributed by atoms with Crippen LogP contribution in [-0.2, 0) is 13.1 Å². The normalized spacial score (nSPS) is 16.7. The summed E-state index contributed by atoms with van der Waals surface area (Å²) in [4.78, 5) is 19.3. The Morgan fingerprint density at radius 2 is 2.13 bits per heavy atom. The number of ketones is 1. The summed E-state index contributed by atoms with van der Waals surface area (Å²) in [6.45, 7) is 3.58. The average Bonchev–Trinajstić information content (AvgIpc) is 3.06. The molecule has 6 heteroatoms. The highest BCUT2D eigenvalue weighted by atomic mass is 19.1. The first kappa shape index (κ1) is 18.5. The molecule has 0 N–H and O–H groups in total. The number of hydrogen-bond acceptors (Lipinski definition) is 5. The maximum atomic E-state index is 13.5. The van der Waals surface area contributed by atoms with Crippen molar-refractivity contribution >= 4 is 11.9 Å². The molecule has 5 nitrogen and oxygen atoms in total. The Morgan fingerprint density at radius 3 is 2.93 bits per heavy atom. The summed E-state index contributed by atoms with van der Waals surface area (Å²) in [6.07, 6.45) is 5.15. The lowest BCUT2D eigenvalue weighted by Crippen LogP contribution is -2.31. The van der Waals surface area contributed by atoms with Crippen LogP contribution in [0, 0.1) is 12.7 Å². The summed E-state index contributed by atoms with van der Waals surface area (Å²) < 4.78 is 25.5. The van der Waals surface area contributed by atoms with Gasteiger partial charge in [0.2, 0.25) is 5.78 Å². The molecular weight excluding hydrogens is 383 g/mol. The van der Waals surface area contributed by atoms with Crippen LogP contribution in [-0.4, -0.2) is 22.4 Å². The number of carbonyl (C=O) groups excluding carboxylic acids is 1. The molecule has 0 saturated carbocycles. The van der Waals surface area contributed by atoms with Crippen LogP contribution in [0.25, 0.3) is 6.08 Å². The molecule has 0 aliphatic carbocycles. The van der Waals surface area contributed by atoms with Crippen LogP contribution in [0.2, 0.25) is 0 Å². The van der Waals surface area contributed by atoms with Crippen molar-refractivity contribution in [1.82, 2.24) is 9.88 Å². The third-order valence-electron chi connectivity index (χ3n) is 5.26. The van der Waals surface area contributed by atoms with Crippen LogP contribution in [0.5, 0.6) is 11.5 Å². The second-order valence-corrected chi connectivity index (χ2v) is 7.49. The van der Waals surface area contributed by atoms with E-state index in [1.807, 2.05) is 31.3 Å². The van der Waals surface area contributed by atoms with E-state index in [9.17, 15) is 9.18 Å². The van der Waals surface area contributed by atoms with Gasteiger partial charge in [0, 0.05) is 25.5 Å². The average molecular weight is 402 g/mol. The van der Waals surface area contributed by atoms with E-state index in [0.717, 1.165) is 22.4 Å². The van der Waals surface area contributed by atoms with Gasteiger partial charge in [-0.3, -0.25) is 14.7 Å². The zero-order valence-corrected chi connectivity index (χ0v) is 16.4. The van der Waals surface area contributed by atoms with Gasteiger partial charge in [0.15, 0.2) is 5.76 Å². The third-order valence-corrected chi connectivity index (χ3v) is 5.26. The highest BCUT2D eigenvalue weighted by Gasteiger charge is 2.35. The van der Waals surface area contributed by atoms with E-state index in [2.05, 4.69) is 9.88 Å². The van der Waals surface area contributed by atoms with Crippen molar-refractivity contribution in [2.75, 3.05) is 6.73 Å². The van der Waals surface area contributed by atoms with Crippen molar-refractivity contribution in [3.63, 3.8) is 0 Å². The van der Waals surface area contributed by atoms with E-state index in [4.69, 9.17) is 9.47 Å². The van der Waals surface area contributed by atoms with Gasteiger partial charge < -0.3 is 9.47 Å². The number of fused-ring (bicyclic) bond motifs is 3.